The number of nitriles is 1. The first-order chi connectivity index (χ1) is 19.6. The van der Waals surface area contributed by atoms with E-state index in [-0.39, 0.29) is 48.4 Å². The summed E-state index contributed by atoms with van der Waals surface area (Å²) in [4.78, 5) is 49.9. The molecular formula is C28H32N4O9. The second-order valence-electron chi connectivity index (χ2n) is 12.4. The summed E-state index contributed by atoms with van der Waals surface area (Å²) >= 11 is 0. The van der Waals surface area contributed by atoms with Crippen molar-refractivity contribution < 1.29 is 38.6 Å². The Labute approximate surface area is 235 Å². The third kappa shape index (κ3) is 5.16. The molecular weight excluding hydrogens is 536 g/mol. The molecule has 5 saturated carbocycles. The van der Waals surface area contributed by atoms with Gasteiger partial charge in [-0.15, -0.1) is 0 Å². The van der Waals surface area contributed by atoms with Gasteiger partial charge in [0.1, 0.15) is 24.4 Å². The van der Waals surface area contributed by atoms with Gasteiger partial charge in [-0.1, -0.05) is 0 Å². The van der Waals surface area contributed by atoms with Crippen LogP contribution in [0.25, 0.3) is 0 Å². The number of non-ortho nitro benzene ring substituents is 1. The smallest absolute Gasteiger partial charge is 0.465 e. The zero-order chi connectivity index (χ0) is 28.9. The summed E-state index contributed by atoms with van der Waals surface area (Å²) in [6, 6.07) is 5.84. The molecule has 1 aromatic carbocycles. The van der Waals surface area contributed by atoms with E-state index >= 15 is 0 Å². The summed E-state index contributed by atoms with van der Waals surface area (Å²) in [7, 11) is 0. The van der Waals surface area contributed by atoms with E-state index in [4.69, 9.17) is 14.2 Å². The van der Waals surface area contributed by atoms with Crippen molar-refractivity contribution in [3.8, 4) is 11.8 Å². The largest absolute Gasteiger partial charge is 0.513 e. The lowest BCUT2D eigenvalue weighted by Gasteiger charge is -2.63. The molecule has 13 heteroatoms. The quantitative estimate of drug-likeness (QED) is 0.147. The van der Waals surface area contributed by atoms with Crippen LogP contribution in [0.4, 0.5) is 15.3 Å². The lowest BCUT2D eigenvalue weighted by Crippen LogP contribution is -2.67. The van der Waals surface area contributed by atoms with Crippen LogP contribution in [-0.4, -0.2) is 70.0 Å². The number of amides is 2. The summed E-state index contributed by atoms with van der Waals surface area (Å²) in [5.41, 5.74) is -1.30. The predicted octanol–water partition coefficient (Wildman–Crippen LogP) is 3.61. The van der Waals surface area contributed by atoms with Gasteiger partial charge in [0.05, 0.1) is 23.2 Å². The van der Waals surface area contributed by atoms with E-state index in [1.165, 1.54) is 24.3 Å². The summed E-state index contributed by atoms with van der Waals surface area (Å²) in [5, 5.41) is 32.7. The average Bonchev–Trinajstić information content (AvgIpc) is 3.58. The number of carbonyl (C=O) groups is 3. The number of nitrogens with one attached hydrogen (secondary N) is 1. The summed E-state index contributed by atoms with van der Waals surface area (Å²) in [5.74, 6) is 0.717. The van der Waals surface area contributed by atoms with Gasteiger partial charge in [0, 0.05) is 23.6 Å². The topological polar surface area (TPSA) is 181 Å². The number of ether oxygens (including phenoxy) is 3. The fourth-order valence-corrected chi connectivity index (χ4v) is 8.54. The van der Waals surface area contributed by atoms with Crippen LogP contribution in [0.2, 0.25) is 0 Å². The van der Waals surface area contributed by atoms with Crippen LogP contribution >= 0.6 is 0 Å². The maximum absolute atomic E-state index is 13.9. The Balaban J connectivity index is 1.10. The predicted molar refractivity (Wildman–Crippen MR) is 139 cm³/mol. The molecule has 6 aliphatic rings. The number of fused-ring (bicyclic) bond motifs is 1. The molecule has 1 saturated heterocycles. The third-order valence-corrected chi connectivity index (χ3v) is 9.65. The molecule has 218 valence electrons. The Morgan fingerprint density at radius 3 is 2.46 bits per heavy atom. The number of likely N-dealkylation sites (tertiary alicyclic amines) is 1. The second kappa shape index (κ2) is 10.2. The van der Waals surface area contributed by atoms with E-state index in [1.54, 1.807) is 4.90 Å². The lowest BCUT2D eigenvalue weighted by molar-refractivity contribution is -0.384. The fourth-order valence-electron chi connectivity index (χ4n) is 8.54. The number of rotatable bonds is 9. The molecule has 1 aliphatic heterocycles. The van der Waals surface area contributed by atoms with Gasteiger partial charge in [-0.2, -0.15) is 5.26 Å². The van der Waals surface area contributed by atoms with Gasteiger partial charge >= 0.3 is 12.2 Å². The molecule has 5 aliphatic carbocycles. The SMILES string of the molecule is N#C[C@@H]1C[C@@H]2C[C@@H]2N1C(=O)[C@@H](NC(=O)O)C12CC3C[C@H](CC(OCCOC(=O)Oc4ccc([N+](=O)[O-])cc4)(C3)C1)C2. The van der Waals surface area contributed by atoms with E-state index in [0.717, 1.165) is 38.5 Å². The molecule has 1 heterocycles. The second-order valence-corrected chi connectivity index (χ2v) is 12.4. The van der Waals surface area contributed by atoms with E-state index in [2.05, 4.69) is 11.4 Å². The number of carbonyl (C=O) groups excluding carboxylic acids is 2. The lowest BCUT2D eigenvalue weighted by atomic mass is 9.46. The van der Waals surface area contributed by atoms with E-state index < -0.39 is 40.3 Å². The van der Waals surface area contributed by atoms with Crippen LogP contribution in [0.3, 0.4) is 0 Å². The van der Waals surface area contributed by atoms with Crippen molar-refractivity contribution in [2.24, 2.45) is 23.2 Å². The van der Waals surface area contributed by atoms with Crippen molar-refractivity contribution in [3.05, 3.63) is 34.4 Å². The Bertz CT molecular complexity index is 1280. The monoisotopic (exact) mass is 568 g/mol. The van der Waals surface area contributed by atoms with Gasteiger partial charge in [-0.25, -0.2) is 9.59 Å². The molecule has 2 N–H and O–H groups in total. The molecule has 8 atom stereocenters. The van der Waals surface area contributed by atoms with Crippen molar-refractivity contribution in [2.45, 2.75) is 75.1 Å². The molecule has 6 fully saturated rings. The normalized spacial score (nSPS) is 34.7. The number of piperidine rings is 1. The van der Waals surface area contributed by atoms with Crippen molar-refractivity contribution in [2.75, 3.05) is 13.2 Å². The minimum Gasteiger partial charge on any atom is -0.465 e. The zero-order valence-electron chi connectivity index (χ0n) is 22.4. The van der Waals surface area contributed by atoms with Crippen molar-refractivity contribution in [1.82, 2.24) is 10.2 Å². The van der Waals surface area contributed by atoms with Gasteiger partial charge < -0.3 is 29.5 Å². The Morgan fingerprint density at radius 2 is 1.83 bits per heavy atom. The van der Waals surface area contributed by atoms with Crippen LogP contribution in [0.15, 0.2) is 24.3 Å². The van der Waals surface area contributed by atoms with Crippen LogP contribution in [0.1, 0.15) is 51.4 Å². The summed E-state index contributed by atoms with van der Waals surface area (Å²) in [6.07, 6.45) is 3.84. The highest BCUT2D eigenvalue weighted by atomic mass is 16.7. The molecule has 3 unspecified atom stereocenters. The number of benzene rings is 1. The number of nitro groups is 1. The highest BCUT2D eigenvalue weighted by Crippen LogP contribution is 2.64. The minimum absolute atomic E-state index is 0.0206. The highest BCUT2D eigenvalue weighted by molar-refractivity contribution is 5.88. The Morgan fingerprint density at radius 1 is 1.12 bits per heavy atom. The zero-order valence-corrected chi connectivity index (χ0v) is 22.4. The van der Waals surface area contributed by atoms with Crippen molar-refractivity contribution in [3.63, 3.8) is 0 Å². The Kier molecular flexibility index (Phi) is 6.76. The number of hydrogen-bond donors (Lipinski definition) is 2. The maximum Gasteiger partial charge on any atom is 0.513 e. The first kappa shape index (κ1) is 27.3. The first-order valence-corrected chi connectivity index (χ1v) is 14.0. The standard InChI is InChI=1S/C28H32N4O9/c29-14-20-8-18-9-22(18)31(20)24(33)23(30-25(34)35)27-10-16-7-17(11-27)13-28(12-16,15-27)40-6-5-39-26(36)41-21-3-1-19(2-4-21)32(37)38/h1-4,16-18,20,22-23,30H,5-13,15H2,(H,34,35)/t16-,17?,18+,20-,22-,23+,27?,28?/m0/s1. The van der Waals surface area contributed by atoms with Gasteiger partial charge in [-0.3, -0.25) is 14.9 Å². The van der Waals surface area contributed by atoms with E-state index in [0.29, 0.717) is 18.8 Å². The summed E-state index contributed by atoms with van der Waals surface area (Å²) in [6.45, 7) is 0.0224. The first-order valence-electron chi connectivity index (χ1n) is 14.0. The number of carboxylic acid groups (broad SMARTS) is 1. The molecule has 4 bridgehead atoms. The van der Waals surface area contributed by atoms with Crippen molar-refractivity contribution >= 4 is 23.8 Å². The average molecular weight is 569 g/mol. The molecule has 0 aromatic heterocycles. The van der Waals surface area contributed by atoms with Crippen LogP contribution in [0.5, 0.6) is 5.75 Å². The number of hydrogen-bond acceptors (Lipinski definition) is 9. The summed E-state index contributed by atoms with van der Waals surface area (Å²) < 4.78 is 16.6. The highest BCUT2D eigenvalue weighted by Gasteiger charge is 2.64. The third-order valence-electron chi connectivity index (χ3n) is 9.65. The molecule has 41 heavy (non-hydrogen) atoms. The molecule has 0 radical (unpaired) electrons. The van der Waals surface area contributed by atoms with Crippen LogP contribution in [-0.2, 0) is 14.3 Å². The fraction of sp³-hybridized carbons (Fsp3) is 0.643. The van der Waals surface area contributed by atoms with Gasteiger partial charge in [0.2, 0.25) is 5.91 Å². The molecule has 1 aromatic rings. The van der Waals surface area contributed by atoms with Crippen LogP contribution < -0.4 is 10.1 Å². The molecule has 0 spiro atoms. The number of nitro benzene ring substituents is 1. The van der Waals surface area contributed by atoms with Gasteiger partial charge in [0.15, 0.2) is 0 Å². The van der Waals surface area contributed by atoms with Gasteiger partial charge in [0.25, 0.3) is 5.69 Å². The molecule has 2 amide bonds. The molecule has 7 rings (SSSR count). The van der Waals surface area contributed by atoms with Gasteiger partial charge in [-0.05, 0) is 81.3 Å². The van der Waals surface area contributed by atoms with E-state index in [1.807, 2.05) is 0 Å². The molecule has 13 nitrogen and oxygen atoms in total. The van der Waals surface area contributed by atoms with E-state index in [9.17, 15) is 34.9 Å². The van der Waals surface area contributed by atoms with Crippen molar-refractivity contribution in [1.29, 1.82) is 5.26 Å². The van der Waals surface area contributed by atoms with Crippen LogP contribution in [0, 0.1) is 44.6 Å². The Hall–Kier alpha value is -3.92. The minimum atomic E-state index is -1.26. The number of nitrogens with zero attached hydrogens (tertiary/aromatic N) is 3. The maximum atomic E-state index is 13.9.